The number of imide groups is 1. The summed E-state index contributed by atoms with van der Waals surface area (Å²) in [5, 5.41) is 12.3. The molecule has 9 heteroatoms. The van der Waals surface area contributed by atoms with Crippen molar-refractivity contribution >= 4 is 45.8 Å². The van der Waals surface area contributed by atoms with E-state index in [-0.39, 0.29) is 23.9 Å². The average Bonchev–Trinajstić information content (AvgIpc) is 3.38. The number of nitrogens with one attached hydrogen (secondary N) is 3. The summed E-state index contributed by atoms with van der Waals surface area (Å²) in [6.07, 6.45) is 4.13. The second kappa shape index (κ2) is 8.47. The Morgan fingerprint density at radius 3 is 2.76 bits per heavy atom. The van der Waals surface area contributed by atoms with Gasteiger partial charge in [0.2, 0.25) is 0 Å². The molecule has 4 amide bonds. The molecule has 2 aliphatic rings. The Kier molecular flexibility index (Phi) is 5.49. The maximum Gasteiger partial charge on any atom is 0.324 e. The number of pyridine rings is 1. The molecule has 3 N–H and O–H groups in total. The van der Waals surface area contributed by atoms with Gasteiger partial charge in [0, 0.05) is 31.2 Å². The van der Waals surface area contributed by atoms with Crippen molar-refractivity contribution in [3.05, 3.63) is 58.4 Å². The molecule has 2 aromatic heterocycles. The fourth-order valence-corrected chi connectivity index (χ4v) is 5.50. The number of benzene rings is 1. The maximum absolute atomic E-state index is 13.0. The number of thiophene rings is 1. The monoisotopic (exact) mass is 463 g/mol. The lowest BCUT2D eigenvalue weighted by Crippen LogP contribution is -2.52. The fourth-order valence-electron chi connectivity index (χ4n) is 4.72. The number of hydrogen-bond acceptors (Lipinski definition) is 6. The third kappa shape index (κ3) is 3.93. The van der Waals surface area contributed by atoms with Gasteiger partial charge in [-0.2, -0.15) is 0 Å². The SMILES string of the molecule is CN1C(=O)NC2(CCC(NC(=O)c3sccc3NCc3ccnc4ccccc34)CC2)C1=O. The fraction of sp³-hybridized carbons (Fsp3) is 0.333. The molecule has 0 bridgehead atoms. The minimum Gasteiger partial charge on any atom is -0.380 e. The van der Waals surface area contributed by atoms with Crippen LogP contribution in [0.3, 0.4) is 0 Å². The Balaban J connectivity index is 1.21. The van der Waals surface area contributed by atoms with Crippen molar-refractivity contribution in [3.8, 4) is 0 Å². The van der Waals surface area contributed by atoms with E-state index in [2.05, 4.69) is 20.9 Å². The minimum absolute atomic E-state index is 0.0298. The Hall–Kier alpha value is -3.46. The molecule has 3 aromatic rings. The van der Waals surface area contributed by atoms with Gasteiger partial charge in [-0.15, -0.1) is 11.3 Å². The molecule has 33 heavy (non-hydrogen) atoms. The van der Waals surface area contributed by atoms with Crippen LogP contribution in [0.5, 0.6) is 0 Å². The zero-order valence-corrected chi connectivity index (χ0v) is 19.1. The Bertz CT molecular complexity index is 1230. The highest BCUT2D eigenvalue weighted by Gasteiger charge is 2.51. The first kappa shape index (κ1) is 21.4. The first-order chi connectivity index (χ1) is 16.0. The highest BCUT2D eigenvalue weighted by Crippen LogP contribution is 2.34. The zero-order chi connectivity index (χ0) is 23.0. The normalized spacial score (nSPS) is 22.6. The number of amides is 4. The highest BCUT2D eigenvalue weighted by molar-refractivity contribution is 7.12. The van der Waals surface area contributed by atoms with Gasteiger partial charge in [0.1, 0.15) is 10.4 Å². The Labute approximate surface area is 195 Å². The number of carbonyl (C=O) groups excluding carboxylic acids is 3. The van der Waals surface area contributed by atoms with Gasteiger partial charge in [-0.1, -0.05) is 18.2 Å². The molecule has 8 nitrogen and oxygen atoms in total. The largest absolute Gasteiger partial charge is 0.380 e. The van der Waals surface area contributed by atoms with E-state index in [1.807, 2.05) is 41.8 Å². The van der Waals surface area contributed by atoms with Gasteiger partial charge in [-0.25, -0.2) is 4.79 Å². The van der Waals surface area contributed by atoms with Crippen LogP contribution in [0.25, 0.3) is 10.9 Å². The molecule has 1 saturated heterocycles. The van der Waals surface area contributed by atoms with Crippen LogP contribution in [0.2, 0.25) is 0 Å². The first-order valence-electron chi connectivity index (χ1n) is 11.0. The van der Waals surface area contributed by atoms with Crippen molar-refractivity contribution in [2.75, 3.05) is 12.4 Å². The summed E-state index contributed by atoms with van der Waals surface area (Å²) in [4.78, 5) is 43.5. The summed E-state index contributed by atoms with van der Waals surface area (Å²) in [5.74, 6) is -0.294. The second-order valence-corrected chi connectivity index (χ2v) is 9.54. The number of aromatic nitrogens is 1. The highest BCUT2D eigenvalue weighted by atomic mass is 32.1. The molecule has 5 rings (SSSR count). The van der Waals surface area contributed by atoms with Crippen LogP contribution < -0.4 is 16.0 Å². The average molecular weight is 464 g/mol. The number of anilines is 1. The molecule has 3 heterocycles. The number of hydrogen-bond donors (Lipinski definition) is 3. The van der Waals surface area contributed by atoms with E-state index in [0.29, 0.717) is 37.1 Å². The van der Waals surface area contributed by atoms with E-state index in [9.17, 15) is 14.4 Å². The van der Waals surface area contributed by atoms with Crippen LogP contribution in [0.15, 0.2) is 48.0 Å². The lowest BCUT2D eigenvalue weighted by Gasteiger charge is -2.35. The van der Waals surface area contributed by atoms with E-state index in [1.54, 1.807) is 6.20 Å². The summed E-state index contributed by atoms with van der Waals surface area (Å²) in [5.41, 5.74) is 2.04. The van der Waals surface area contributed by atoms with Crippen molar-refractivity contribution in [3.63, 3.8) is 0 Å². The topological polar surface area (TPSA) is 103 Å². The molecular formula is C24H25N5O3S. The molecule has 0 atom stereocenters. The number of urea groups is 1. The number of nitrogens with zero attached hydrogens (tertiary/aromatic N) is 2. The van der Waals surface area contributed by atoms with Crippen LogP contribution in [0.1, 0.15) is 40.9 Å². The third-order valence-electron chi connectivity index (χ3n) is 6.62. The van der Waals surface area contributed by atoms with E-state index in [4.69, 9.17) is 0 Å². The summed E-state index contributed by atoms with van der Waals surface area (Å²) in [6, 6.07) is 11.5. The number of fused-ring (bicyclic) bond motifs is 1. The summed E-state index contributed by atoms with van der Waals surface area (Å²) >= 11 is 1.40. The van der Waals surface area contributed by atoms with Crippen LogP contribution >= 0.6 is 11.3 Å². The van der Waals surface area contributed by atoms with E-state index in [0.717, 1.165) is 27.1 Å². The standard InChI is InChI=1S/C24H25N5O3S/c1-29-22(31)24(28-23(29)32)10-6-16(7-11-24)27-21(30)20-19(9-13-33-20)26-14-15-8-12-25-18-5-3-2-4-17(15)18/h2-5,8-9,12-13,16,26H,6-7,10-11,14H2,1H3,(H,27,30)(H,28,32). The van der Waals surface area contributed by atoms with Crippen LogP contribution in [0.4, 0.5) is 10.5 Å². The molecule has 0 radical (unpaired) electrons. The van der Waals surface area contributed by atoms with E-state index < -0.39 is 5.54 Å². The van der Waals surface area contributed by atoms with Crippen molar-refractivity contribution in [2.24, 2.45) is 0 Å². The molecule has 1 saturated carbocycles. The molecular weight excluding hydrogens is 438 g/mol. The van der Waals surface area contributed by atoms with Crippen LogP contribution in [-0.4, -0.2) is 46.4 Å². The minimum atomic E-state index is -0.810. The number of carbonyl (C=O) groups is 3. The van der Waals surface area contributed by atoms with Crippen LogP contribution in [0, 0.1) is 0 Å². The predicted octanol–water partition coefficient (Wildman–Crippen LogP) is 3.50. The first-order valence-corrected chi connectivity index (χ1v) is 11.9. The molecule has 2 fully saturated rings. The maximum atomic E-state index is 13.0. The zero-order valence-electron chi connectivity index (χ0n) is 18.3. The molecule has 1 aliphatic heterocycles. The molecule has 1 aromatic carbocycles. The van der Waals surface area contributed by atoms with Gasteiger partial charge < -0.3 is 16.0 Å². The van der Waals surface area contributed by atoms with Crippen molar-refractivity contribution in [1.82, 2.24) is 20.5 Å². The van der Waals surface area contributed by atoms with E-state index in [1.165, 1.54) is 18.4 Å². The summed E-state index contributed by atoms with van der Waals surface area (Å²) < 4.78 is 0. The smallest absolute Gasteiger partial charge is 0.324 e. The number of rotatable bonds is 5. The summed E-state index contributed by atoms with van der Waals surface area (Å²) in [7, 11) is 1.50. The Morgan fingerprint density at radius 2 is 2.00 bits per heavy atom. The number of likely N-dealkylation sites (N-methyl/N-ethyl adjacent to an activating group) is 1. The molecule has 1 spiro atoms. The van der Waals surface area contributed by atoms with Gasteiger partial charge in [0.15, 0.2) is 0 Å². The van der Waals surface area contributed by atoms with Crippen molar-refractivity contribution in [2.45, 2.75) is 43.8 Å². The molecule has 0 unspecified atom stereocenters. The molecule has 170 valence electrons. The number of para-hydroxylation sites is 1. The van der Waals surface area contributed by atoms with Gasteiger partial charge in [0.25, 0.3) is 11.8 Å². The lowest BCUT2D eigenvalue weighted by molar-refractivity contribution is -0.131. The third-order valence-corrected chi connectivity index (χ3v) is 7.53. The van der Waals surface area contributed by atoms with Gasteiger partial charge in [0.05, 0.1) is 11.2 Å². The molecule has 1 aliphatic carbocycles. The van der Waals surface area contributed by atoms with Gasteiger partial charge >= 0.3 is 6.03 Å². The Morgan fingerprint density at radius 1 is 1.21 bits per heavy atom. The quantitative estimate of drug-likeness (QED) is 0.503. The predicted molar refractivity (Wildman–Crippen MR) is 127 cm³/mol. The van der Waals surface area contributed by atoms with Crippen molar-refractivity contribution in [1.29, 1.82) is 0 Å². The van der Waals surface area contributed by atoms with Crippen LogP contribution in [-0.2, 0) is 11.3 Å². The summed E-state index contributed by atoms with van der Waals surface area (Å²) in [6.45, 7) is 0.585. The lowest BCUT2D eigenvalue weighted by atomic mass is 9.79. The van der Waals surface area contributed by atoms with Gasteiger partial charge in [-0.3, -0.25) is 19.5 Å². The van der Waals surface area contributed by atoms with Gasteiger partial charge in [-0.05, 0) is 54.8 Å². The second-order valence-electron chi connectivity index (χ2n) is 8.63. The van der Waals surface area contributed by atoms with Crippen molar-refractivity contribution < 1.29 is 14.4 Å². The van der Waals surface area contributed by atoms with E-state index >= 15 is 0 Å².